The van der Waals surface area contributed by atoms with Crippen LogP contribution in [0.5, 0.6) is 0 Å². The highest BCUT2D eigenvalue weighted by molar-refractivity contribution is 9.10. The number of amides is 2. The molecule has 2 rings (SSSR count). The Balaban J connectivity index is 1.78. The summed E-state index contributed by atoms with van der Waals surface area (Å²) in [7, 11) is 0. The van der Waals surface area contributed by atoms with Gasteiger partial charge in [0.05, 0.1) is 5.92 Å². The van der Waals surface area contributed by atoms with Gasteiger partial charge < -0.3 is 19.8 Å². The normalized spacial score (nSPS) is 18.1. The molecule has 0 bridgehead atoms. The molecule has 2 amide bonds. The quantitative estimate of drug-likeness (QED) is 0.608. The molecule has 1 fully saturated rings. The minimum absolute atomic E-state index is 0.280. The van der Waals surface area contributed by atoms with E-state index >= 15 is 0 Å². The second-order valence-electron chi connectivity index (χ2n) is 5.16. The molecule has 0 unspecified atom stereocenters. The molecular formula is C15H17BrN2O5. The number of hydrogen-bond acceptors (Lipinski definition) is 5. The average molecular weight is 385 g/mol. The molecule has 1 aromatic heterocycles. The number of carbonyl (C=O) groups is 3. The number of nitrogens with two attached hydrogens (primary N) is 1. The highest BCUT2D eigenvalue weighted by Crippen LogP contribution is 2.16. The lowest BCUT2D eigenvalue weighted by atomic mass is 9.97. The number of piperidine rings is 1. The van der Waals surface area contributed by atoms with Crippen LogP contribution in [0.4, 0.5) is 0 Å². The lowest BCUT2D eigenvalue weighted by Crippen LogP contribution is -2.45. The summed E-state index contributed by atoms with van der Waals surface area (Å²) < 4.78 is 10.6. The van der Waals surface area contributed by atoms with Gasteiger partial charge in [-0.1, -0.05) is 0 Å². The van der Waals surface area contributed by atoms with Crippen molar-refractivity contribution in [2.24, 2.45) is 11.7 Å². The molecule has 124 valence electrons. The number of hydrogen-bond donors (Lipinski definition) is 1. The number of primary amides is 1. The zero-order chi connectivity index (χ0) is 16.8. The molecule has 23 heavy (non-hydrogen) atoms. The second-order valence-corrected chi connectivity index (χ2v) is 5.95. The first kappa shape index (κ1) is 17.3. The van der Waals surface area contributed by atoms with Crippen LogP contribution in [0.1, 0.15) is 18.6 Å². The molecule has 7 nitrogen and oxygen atoms in total. The molecule has 0 aromatic carbocycles. The number of esters is 1. The van der Waals surface area contributed by atoms with Crippen molar-refractivity contribution >= 4 is 39.8 Å². The molecule has 8 heteroatoms. The summed E-state index contributed by atoms with van der Waals surface area (Å²) in [5, 5.41) is 0. The minimum Gasteiger partial charge on any atom is -0.452 e. The predicted molar refractivity (Wildman–Crippen MR) is 84.9 cm³/mol. The van der Waals surface area contributed by atoms with E-state index in [1.54, 1.807) is 12.1 Å². The van der Waals surface area contributed by atoms with Crippen LogP contribution in [0.25, 0.3) is 6.08 Å². The van der Waals surface area contributed by atoms with Crippen LogP contribution in [0.3, 0.4) is 0 Å². The fourth-order valence-corrected chi connectivity index (χ4v) is 2.60. The summed E-state index contributed by atoms with van der Waals surface area (Å²) in [6.45, 7) is 0.453. The summed E-state index contributed by atoms with van der Waals surface area (Å²) in [6.07, 6.45) is 4.02. The molecule has 1 atom stereocenters. The van der Waals surface area contributed by atoms with Crippen molar-refractivity contribution in [1.29, 1.82) is 0 Å². The standard InChI is InChI=1S/C15H17BrN2O5/c16-12-5-3-11(23-12)4-6-14(20)22-9-13(19)18-7-1-2-10(8-18)15(17)21/h3-6,10H,1-2,7-9H2,(H2,17,21)/b6-4+/t10-/m0/s1. The molecular weight excluding hydrogens is 368 g/mol. The Kier molecular flexibility index (Phi) is 5.97. The van der Waals surface area contributed by atoms with Crippen LogP contribution >= 0.6 is 15.9 Å². The number of carbonyl (C=O) groups excluding carboxylic acids is 3. The summed E-state index contributed by atoms with van der Waals surface area (Å²) in [5.74, 6) is -1.24. The number of nitrogens with zero attached hydrogens (tertiary/aromatic N) is 1. The number of furan rings is 1. The Morgan fingerprint density at radius 1 is 1.43 bits per heavy atom. The fraction of sp³-hybridized carbons (Fsp3) is 0.400. The van der Waals surface area contributed by atoms with Crippen LogP contribution in [0.15, 0.2) is 27.3 Å². The smallest absolute Gasteiger partial charge is 0.331 e. The minimum atomic E-state index is -0.644. The summed E-state index contributed by atoms with van der Waals surface area (Å²) in [4.78, 5) is 36.3. The summed E-state index contributed by atoms with van der Waals surface area (Å²) in [5.41, 5.74) is 5.26. The molecule has 0 aliphatic carbocycles. The number of likely N-dealkylation sites (tertiary alicyclic amines) is 1. The average Bonchev–Trinajstić information content (AvgIpc) is 2.96. The Bertz CT molecular complexity index is 625. The molecule has 0 saturated carbocycles. The predicted octanol–water partition coefficient (Wildman–Crippen LogP) is 1.32. The number of ether oxygens (including phenoxy) is 1. The Morgan fingerprint density at radius 2 is 2.22 bits per heavy atom. The lowest BCUT2D eigenvalue weighted by Gasteiger charge is -2.30. The van der Waals surface area contributed by atoms with Crippen LogP contribution < -0.4 is 5.73 Å². The van der Waals surface area contributed by atoms with E-state index in [4.69, 9.17) is 14.9 Å². The van der Waals surface area contributed by atoms with E-state index in [2.05, 4.69) is 15.9 Å². The zero-order valence-corrected chi connectivity index (χ0v) is 14.0. The third-order valence-electron chi connectivity index (χ3n) is 3.49. The first-order valence-corrected chi connectivity index (χ1v) is 7.92. The Morgan fingerprint density at radius 3 is 2.87 bits per heavy atom. The third kappa shape index (κ3) is 5.24. The molecule has 0 spiro atoms. The van der Waals surface area contributed by atoms with Crippen molar-refractivity contribution in [1.82, 2.24) is 4.90 Å². The van der Waals surface area contributed by atoms with Crippen molar-refractivity contribution in [3.63, 3.8) is 0 Å². The first-order chi connectivity index (χ1) is 11.0. The van der Waals surface area contributed by atoms with E-state index in [1.165, 1.54) is 17.1 Å². The van der Waals surface area contributed by atoms with Gasteiger partial charge in [0.2, 0.25) is 5.91 Å². The van der Waals surface area contributed by atoms with Crippen LogP contribution in [0, 0.1) is 5.92 Å². The van der Waals surface area contributed by atoms with E-state index in [0.29, 0.717) is 29.8 Å². The van der Waals surface area contributed by atoms with Gasteiger partial charge >= 0.3 is 5.97 Å². The van der Waals surface area contributed by atoms with Crippen molar-refractivity contribution in [3.8, 4) is 0 Å². The number of rotatable bonds is 5. The van der Waals surface area contributed by atoms with Crippen LogP contribution in [0.2, 0.25) is 0 Å². The van der Waals surface area contributed by atoms with Gasteiger partial charge in [-0.15, -0.1) is 0 Å². The SMILES string of the molecule is NC(=O)[C@H]1CCCN(C(=O)COC(=O)/C=C/c2ccc(Br)o2)C1. The van der Waals surface area contributed by atoms with Crippen LogP contribution in [-0.2, 0) is 19.1 Å². The van der Waals surface area contributed by atoms with Crippen molar-refractivity contribution in [2.75, 3.05) is 19.7 Å². The van der Waals surface area contributed by atoms with Gasteiger partial charge in [0.1, 0.15) is 5.76 Å². The highest BCUT2D eigenvalue weighted by Gasteiger charge is 2.27. The summed E-state index contributed by atoms with van der Waals surface area (Å²) in [6, 6.07) is 3.37. The topological polar surface area (TPSA) is 103 Å². The van der Waals surface area contributed by atoms with Crippen LogP contribution in [-0.4, -0.2) is 42.4 Å². The molecule has 1 aromatic rings. The molecule has 1 aliphatic heterocycles. The number of halogens is 1. The van der Waals surface area contributed by atoms with E-state index in [9.17, 15) is 14.4 Å². The highest BCUT2D eigenvalue weighted by atomic mass is 79.9. The molecule has 0 radical (unpaired) electrons. The Hall–Kier alpha value is -2.09. The largest absolute Gasteiger partial charge is 0.452 e. The first-order valence-electron chi connectivity index (χ1n) is 7.13. The van der Waals surface area contributed by atoms with Gasteiger partial charge in [-0.2, -0.15) is 0 Å². The maximum Gasteiger partial charge on any atom is 0.331 e. The van der Waals surface area contributed by atoms with E-state index in [0.717, 1.165) is 0 Å². The summed E-state index contributed by atoms with van der Waals surface area (Å²) >= 11 is 3.15. The fourth-order valence-electron chi connectivity index (χ4n) is 2.28. The monoisotopic (exact) mass is 384 g/mol. The van der Waals surface area contributed by atoms with Crippen molar-refractivity contribution in [2.45, 2.75) is 12.8 Å². The van der Waals surface area contributed by atoms with Gasteiger partial charge in [0.15, 0.2) is 11.3 Å². The molecule has 1 aliphatic rings. The van der Waals surface area contributed by atoms with E-state index in [1.807, 2.05) is 0 Å². The maximum atomic E-state index is 12.0. The van der Waals surface area contributed by atoms with Crippen molar-refractivity contribution < 1.29 is 23.5 Å². The maximum absolute atomic E-state index is 12.0. The van der Waals surface area contributed by atoms with Gasteiger partial charge in [-0.3, -0.25) is 9.59 Å². The van der Waals surface area contributed by atoms with E-state index < -0.39 is 11.9 Å². The van der Waals surface area contributed by atoms with Gasteiger partial charge in [0, 0.05) is 19.2 Å². The van der Waals surface area contributed by atoms with Crippen molar-refractivity contribution in [3.05, 3.63) is 28.6 Å². The van der Waals surface area contributed by atoms with Gasteiger partial charge in [-0.25, -0.2) is 4.79 Å². The van der Waals surface area contributed by atoms with Gasteiger partial charge in [-0.05, 0) is 47.0 Å². The Labute approximate surface area is 141 Å². The second kappa shape index (κ2) is 7.96. The van der Waals surface area contributed by atoms with E-state index in [-0.39, 0.29) is 25.0 Å². The molecule has 2 heterocycles. The zero-order valence-electron chi connectivity index (χ0n) is 12.4. The van der Waals surface area contributed by atoms with Gasteiger partial charge in [0.25, 0.3) is 5.91 Å². The lowest BCUT2D eigenvalue weighted by molar-refractivity contribution is -0.149. The third-order valence-corrected chi connectivity index (χ3v) is 3.92. The molecule has 2 N–H and O–H groups in total. The molecule has 1 saturated heterocycles.